The largest absolute Gasteiger partial charge is 0.507 e. The van der Waals surface area contributed by atoms with Gasteiger partial charge in [0.05, 0.1) is 5.56 Å². The first-order valence-corrected chi connectivity index (χ1v) is 7.00. The Labute approximate surface area is 118 Å². The molecule has 2 atom stereocenters. The number of hydrogen-bond acceptors (Lipinski definition) is 3. The molecule has 1 amide bonds. The molecule has 20 heavy (non-hydrogen) atoms. The smallest absolute Gasteiger partial charge is 0.257 e. The molecule has 0 radical (unpaired) electrons. The molecule has 2 rings (SSSR count). The van der Waals surface area contributed by atoms with Crippen LogP contribution in [0.4, 0.5) is 4.39 Å². The number of phenols is 1. The van der Waals surface area contributed by atoms with Gasteiger partial charge in [0.15, 0.2) is 0 Å². The normalized spacial score (nSPS) is 22.6. The van der Waals surface area contributed by atoms with Crippen LogP contribution in [0.25, 0.3) is 0 Å². The van der Waals surface area contributed by atoms with Crippen molar-refractivity contribution in [2.45, 2.75) is 31.7 Å². The first-order valence-electron chi connectivity index (χ1n) is 7.00. The van der Waals surface area contributed by atoms with Crippen molar-refractivity contribution in [3.8, 4) is 5.75 Å². The molecule has 1 fully saturated rings. The van der Waals surface area contributed by atoms with Crippen LogP contribution >= 0.6 is 0 Å². The quantitative estimate of drug-likeness (QED) is 0.891. The molecule has 1 aromatic rings. The minimum absolute atomic E-state index is 0.0886. The van der Waals surface area contributed by atoms with E-state index in [1.165, 1.54) is 12.1 Å². The van der Waals surface area contributed by atoms with Crippen molar-refractivity contribution in [3.63, 3.8) is 0 Å². The van der Waals surface area contributed by atoms with E-state index in [9.17, 15) is 14.3 Å². The summed E-state index contributed by atoms with van der Waals surface area (Å²) >= 11 is 0. The Hall–Kier alpha value is -1.62. The highest BCUT2D eigenvalue weighted by atomic mass is 19.1. The van der Waals surface area contributed by atoms with Crippen molar-refractivity contribution in [2.75, 3.05) is 13.6 Å². The lowest BCUT2D eigenvalue weighted by atomic mass is 9.83. The molecule has 0 saturated heterocycles. The molecule has 5 heteroatoms. The fourth-order valence-electron chi connectivity index (χ4n) is 3.00. The molecule has 4 nitrogen and oxygen atoms in total. The summed E-state index contributed by atoms with van der Waals surface area (Å²) in [5, 5.41) is 9.72. The number of amides is 1. The first kappa shape index (κ1) is 14.8. The van der Waals surface area contributed by atoms with Gasteiger partial charge < -0.3 is 15.7 Å². The highest BCUT2D eigenvalue weighted by Crippen LogP contribution is 2.29. The average Bonchev–Trinajstić information content (AvgIpc) is 2.45. The van der Waals surface area contributed by atoms with Crippen LogP contribution < -0.4 is 5.73 Å². The summed E-state index contributed by atoms with van der Waals surface area (Å²) in [4.78, 5) is 14.1. The number of nitrogens with zero attached hydrogens (tertiary/aromatic N) is 1. The van der Waals surface area contributed by atoms with E-state index in [1.807, 2.05) is 0 Å². The Morgan fingerprint density at radius 2 is 2.15 bits per heavy atom. The maximum atomic E-state index is 13.0. The number of halogens is 1. The Balaban J connectivity index is 2.18. The van der Waals surface area contributed by atoms with Crippen LogP contribution in [0.5, 0.6) is 5.75 Å². The number of hydrogen-bond donors (Lipinski definition) is 2. The van der Waals surface area contributed by atoms with Crippen LogP contribution in [0, 0.1) is 11.7 Å². The third-order valence-corrected chi connectivity index (χ3v) is 4.18. The van der Waals surface area contributed by atoms with Crippen molar-refractivity contribution in [1.82, 2.24) is 4.90 Å². The molecular weight excluding hydrogens is 259 g/mol. The second-order valence-electron chi connectivity index (χ2n) is 5.43. The molecule has 110 valence electrons. The van der Waals surface area contributed by atoms with Crippen LogP contribution in [-0.4, -0.2) is 35.5 Å². The van der Waals surface area contributed by atoms with Crippen molar-refractivity contribution in [3.05, 3.63) is 29.6 Å². The summed E-state index contributed by atoms with van der Waals surface area (Å²) in [5.74, 6) is -0.866. The van der Waals surface area contributed by atoms with Gasteiger partial charge in [-0.3, -0.25) is 4.79 Å². The lowest BCUT2D eigenvalue weighted by Gasteiger charge is -2.37. The van der Waals surface area contributed by atoms with Gasteiger partial charge in [0.25, 0.3) is 5.91 Å². The second-order valence-corrected chi connectivity index (χ2v) is 5.43. The third-order valence-electron chi connectivity index (χ3n) is 4.18. The molecule has 1 aliphatic rings. The highest BCUT2D eigenvalue weighted by molar-refractivity contribution is 5.96. The number of benzene rings is 1. The predicted molar refractivity (Wildman–Crippen MR) is 75.0 cm³/mol. The van der Waals surface area contributed by atoms with E-state index in [0.29, 0.717) is 12.5 Å². The molecule has 0 aromatic heterocycles. The van der Waals surface area contributed by atoms with Crippen molar-refractivity contribution < 1.29 is 14.3 Å². The molecule has 2 unspecified atom stereocenters. The summed E-state index contributed by atoms with van der Waals surface area (Å²) in [6.45, 7) is 0.553. The van der Waals surface area contributed by atoms with Crippen LogP contribution in [0.2, 0.25) is 0 Å². The molecule has 0 heterocycles. The molecule has 0 spiro atoms. The summed E-state index contributed by atoms with van der Waals surface area (Å²) in [5.41, 5.74) is 5.92. The molecule has 1 saturated carbocycles. The van der Waals surface area contributed by atoms with E-state index in [2.05, 4.69) is 0 Å². The Morgan fingerprint density at radius 1 is 1.45 bits per heavy atom. The second kappa shape index (κ2) is 6.22. The van der Waals surface area contributed by atoms with E-state index in [-0.39, 0.29) is 23.3 Å². The zero-order chi connectivity index (χ0) is 14.7. The van der Waals surface area contributed by atoms with Crippen LogP contribution in [-0.2, 0) is 0 Å². The molecule has 0 aliphatic heterocycles. The molecule has 3 N–H and O–H groups in total. The van der Waals surface area contributed by atoms with E-state index >= 15 is 0 Å². The minimum Gasteiger partial charge on any atom is -0.507 e. The van der Waals surface area contributed by atoms with Gasteiger partial charge in [-0.05, 0) is 37.4 Å². The van der Waals surface area contributed by atoms with Crippen LogP contribution in [0.15, 0.2) is 18.2 Å². The highest BCUT2D eigenvalue weighted by Gasteiger charge is 2.31. The van der Waals surface area contributed by atoms with Crippen molar-refractivity contribution in [1.29, 1.82) is 0 Å². The first-order chi connectivity index (χ1) is 9.54. The lowest BCUT2D eigenvalue weighted by Crippen LogP contribution is -2.45. The summed E-state index contributed by atoms with van der Waals surface area (Å²) in [6, 6.07) is 3.56. The van der Waals surface area contributed by atoms with Gasteiger partial charge in [0, 0.05) is 19.2 Å². The van der Waals surface area contributed by atoms with E-state index in [0.717, 1.165) is 31.7 Å². The molecular formula is C15H21FN2O2. The van der Waals surface area contributed by atoms with Gasteiger partial charge in [0.1, 0.15) is 11.6 Å². The fourth-order valence-corrected chi connectivity index (χ4v) is 3.00. The number of phenolic OH excluding ortho intramolecular Hbond substituents is 1. The minimum atomic E-state index is -0.556. The van der Waals surface area contributed by atoms with Crippen molar-refractivity contribution >= 4 is 5.91 Å². The van der Waals surface area contributed by atoms with Gasteiger partial charge in [0.2, 0.25) is 0 Å². The zero-order valence-corrected chi connectivity index (χ0v) is 11.7. The average molecular weight is 280 g/mol. The van der Waals surface area contributed by atoms with Gasteiger partial charge >= 0.3 is 0 Å². The van der Waals surface area contributed by atoms with Gasteiger partial charge in [-0.15, -0.1) is 0 Å². The molecule has 1 aromatic carbocycles. The third kappa shape index (κ3) is 2.93. The SMILES string of the molecule is CN(C(=O)c1ccc(F)cc1O)C1CCCCC1CN. The number of carbonyl (C=O) groups excluding carboxylic acids is 1. The maximum Gasteiger partial charge on any atom is 0.257 e. The summed E-state index contributed by atoms with van der Waals surface area (Å²) < 4.78 is 13.0. The standard InChI is InChI=1S/C15H21FN2O2/c1-18(13-5-3-2-4-10(13)9-17)15(20)12-7-6-11(16)8-14(12)19/h6-8,10,13,19H,2-5,9,17H2,1H3. The van der Waals surface area contributed by atoms with Gasteiger partial charge in [-0.25, -0.2) is 4.39 Å². The number of aromatic hydroxyl groups is 1. The van der Waals surface area contributed by atoms with Gasteiger partial charge in [-0.2, -0.15) is 0 Å². The monoisotopic (exact) mass is 280 g/mol. The topological polar surface area (TPSA) is 66.6 Å². The Morgan fingerprint density at radius 3 is 2.80 bits per heavy atom. The van der Waals surface area contributed by atoms with E-state index in [1.54, 1.807) is 11.9 Å². The molecule has 0 bridgehead atoms. The fraction of sp³-hybridized carbons (Fsp3) is 0.533. The predicted octanol–water partition coefficient (Wildman–Crippen LogP) is 2.12. The summed E-state index contributed by atoms with van der Waals surface area (Å²) in [7, 11) is 1.73. The zero-order valence-electron chi connectivity index (χ0n) is 11.7. The van der Waals surface area contributed by atoms with Crippen molar-refractivity contribution in [2.24, 2.45) is 11.7 Å². The van der Waals surface area contributed by atoms with E-state index < -0.39 is 5.82 Å². The Kier molecular flexibility index (Phi) is 4.60. The lowest BCUT2D eigenvalue weighted by molar-refractivity contribution is 0.0617. The number of carbonyl (C=O) groups is 1. The summed E-state index contributed by atoms with van der Waals surface area (Å²) in [6.07, 6.45) is 4.16. The maximum absolute atomic E-state index is 13.0. The molecule has 1 aliphatic carbocycles. The van der Waals surface area contributed by atoms with Gasteiger partial charge in [-0.1, -0.05) is 12.8 Å². The Bertz CT molecular complexity index is 493. The van der Waals surface area contributed by atoms with Crippen LogP contribution in [0.1, 0.15) is 36.0 Å². The number of nitrogens with two attached hydrogens (primary N) is 1. The van der Waals surface area contributed by atoms with E-state index in [4.69, 9.17) is 5.73 Å². The number of rotatable bonds is 3. The van der Waals surface area contributed by atoms with Crippen LogP contribution in [0.3, 0.4) is 0 Å².